The molecule has 0 atom stereocenters. The number of nitrogens with one attached hydrogen (secondary N) is 1. The normalized spacial score (nSPS) is 13.4. The van der Waals surface area contributed by atoms with Gasteiger partial charge in [-0.1, -0.05) is 30.3 Å². The number of carbonyl (C=O) groups excluding carboxylic acids is 2. The summed E-state index contributed by atoms with van der Waals surface area (Å²) in [7, 11) is 0. The van der Waals surface area contributed by atoms with Gasteiger partial charge in [0.05, 0.1) is 13.0 Å². The maximum atomic E-state index is 13.1. The van der Waals surface area contributed by atoms with E-state index in [-0.39, 0.29) is 24.1 Å². The van der Waals surface area contributed by atoms with E-state index >= 15 is 0 Å². The van der Waals surface area contributed by atoms with Gasteiger partial charge in [0.1, 0.15) is 11.6 Å². The van der Waals surface area contributed by atoms with Gasteiger partial charge in [-0.2, -0.15) is 0 Å². The Balaban J connectivity index is 1.20. The van der Waals surface area contributed by atoms with E-state index in [1.165, 1.54) is 12.1 Å². The van der Waals surface area contributed by atoms with E-state index in [0.717, 1.165) is 17.0 Å². The summed E-state index contributed by atoms with van der Waals surface area (Å²) < 4.78 is 18.7. The molecule has 4 rings (SSSR count). The molecule has 1 N–H and O–H groups in total. The largest absolute Gasteiger partial charge is 0.493 e. The molecule has 1 heterocycles. The van der Waals surface area contributed by atoms with Crippen LogP contribution in [-0.2, 0) is 11.3 Å². The molecular formula is C27H28FN3O3. The quantitative estimate of drug-likeness (QED) is 0.553. The van der Waals surface area contributed by atoms with Crippen LogP contribution in [0.25, 0.3) is 0 Å². The van der Waals surface area contributed by atoms with Crippen LogP contribution in [-0.4, -0.2) is 49.5 Å². The van der Waals surface area contributed by atoms with Crippen LogP contribution >= 0.6 is 0 Å². The molecule has 2 amide bonds. The number of anilines is 1. The highest BCUT2D eigenvalue weighted by molar-refractivity contribution is 5.94. The molecule has 1 aliphatic heterocycles. The number of hydrogen-bond donors (Lipinski definition) is 1. The van der Waals surface area contributed by atoms with Crippen molar-refractivity contribution in [1.29, 1.82) is 0 Å². The van der Waals surface area contributed by atoms with E-state index in [1.807, 2.05) is 47.4 Å². The van der Waals surface area contributed by atoms with Gasteiger partial charge in [0, 0.05) is 44.0 Å². The lowest BCUT2D eigenvalue weighted by Crippen LogP contribution is -2.48. The first-order valence-electron chi connectivity index (χ1n) is 11.4. The third-order valence-electron chi connectivity index (χ3n) is 5.79. The van der Waals surface area contributed by atoms with Crippen molar-refractivity contribution >= 4 is 17.5 Å². The molecule has 0 radical (unpaired) electrons. The van der Waals surface area contributed by atoms with E-state index < -0.39 is 0 Å². The van der Waals surface area contributed by atoms with Crippen molar-refractivity contribution in [2.24, 2.45) is 0 Å². The lowest BCUT2D eigenvalue weighted by Gasteiger charge is -2.36. The molecule has 6 nitrogen and oxygen atoms in total. The van der Waals surface area contributed by atoms with Crippen LogP contribution in [0.3, 0.4) is 0 Å². The van der Waals surface area contributed by atoms with Crippen molar-refractivity contribution in [2.75, 3.05) is 37.7 Å². The maximum Gasteiger partial charge on any atom is 0.253 e. The van der Waals surface area contributed by atoms with E-state index in [4.69, 9.17) is 4.74 Å². The van der Waals surface area contributed by atoms with Crippen molar-refractivity contribution in [3.8, 4) is 5.75 Å². The first-order valence-corrected chi connectivity index (χ1v) is 11.4. The summed E-state index contributed by atoms with van der Waals surface area (Å²) in [6, 6.07) is 23.2. The lowest BCUT2D eigenvalue weighted by molar-refractivity contribution is -0.121. The summed E-state index contributed by atoms with van der Waals surface area (Å²) in [5.74, 6) is 0.396. The number of rotatable bonds is 8. The minimum atomic E-state index is -0.252. The van der Waals surface area contributed by atoms with Crippen LogP contribution in [0.5, 0.6) is 5.75 Å². The van der Waals surface area contributed by atoms with Crippen LogP contribution < -0.4 is 15.0 Å². The molecule has 0 unspecified atom stereocenters. The molecule has 34 heavy (non-hydrogen) atoms. The maximum absolute atomic E-state index is 13.1. The van der Waals surface area contributed by atoms with Crippen LogP contribution in [0.4, 0.5) is 10.1 Å². The number of amides is 2. The summed E-state index contributed by atoms with van der Waals surface area (Å²) in [5.41, 5.74) is 2.52. The van der Waals surface area contributed by atoms with Crippen LogP contribution in [0.1, 0.15) is 22.3 Å². The van der Waals surface area contributed by atoms with Gasteiger partial charge in [0.25, 0.3) is 5.91 Å². The van der Waals surface area contributed by atoms with Gasteiger partial charge >= 0.3 is 0 Å². The number of hydrogen-bond acceptors (Lipinski definition) is 4. The minimum Gasteiger partial charge on any atom is -0.493 e. The van der Waals surface area contributed by atoms with Crippen molar-refractivity contribution < 1.29 is 18.7 Å². The van der Waals surface area contributed by atoms with Crippen molar-refractivity contribution in [1.82, 2.24) is 10.2 Å². The number of nitrogens with zero attached hydrogens (tertiary/aromatic N) is 2. The molecule has 0 spiro atoms. The highest BCUT2D eigenvalue weighted by atomic mass is 19.1. The number of carbonyl (C=O) groups is 2. The zero-order chi connectivity index (χ0) is 23.8. The SMILES string of the molecule is O=C(CCOc1ccccc1)NCc1ccc(C(=O)N2CCN(c3ccc(F)cc3)CC2)cc1. The summed E-state index contributed by atoms with van der Waals surface area (Å²) >= 11 is 0. The molecular weight excluding hydrogens is 433 g/mol. The van der Waals surface area contributed by atoms with E-state index in [2.05, 4.69) is 10.2 Å². The number of benzene rings is 3. The number of piperazine rings is 1. The first-order chi connectivity index (χ1) is 16.6. The van der Waals surface area contributed by atoms with Crippen LogP contribution in [0.2, 0.25) is 0 Å². The second-order valence-corrected chi connectivity index (χ2v) is 8.14. The molecule has 0 aliphatic carbocycles. The van der Waals surface area contributed by atoms with Gasteiger partial charge in [-0.3, -0.25) is 9.59 Å². The fourth-order valence-electron chi connectivity index (χ4n) is 3.83. The predicted molar refractivity (Wildman–Crippen MR) is 129 cm³/mol. The Hall–Kier alpha value is -3.87. The monoisotopic (exact) mass is 461 g/mol. The zero-order valence-electron chi connectivity index (χ0n) is 19.0. The summed E-state index contributed by atoms with van der Waals surface area (Å²) in [6.07, 6.45) is 0.273. The average molecular weight is 462 g/mol. The third kappa shape index (κ3) is 6.34. The van der Waals surface area contributed by atoms with E-state index in [0.29, 0.717) is 44.9 Å². The molecule has 1 aliphatic rings. The fourth-order valence-corrected chi connectivity index (χ4v) is 3.83. The highest BCUT2D eigenvalue weighted by Gasteiger charge is 2.22. The summed E-state index contributed by atoms with van der Waals surface area (Å²) in [5, 5.41) is 2.88. The van der Waals surface area contributed by atoms with E-state index in [1.54, 1.807) is 24.3 Å². The first kappa shape index (κ1) is 23.3. The Morgan fingerprint density at radius 1 is 0.853 bits per heavy atom. The topological polar surface area (TPSA) is 61.9 Å². The van der Waals surface area contributed by atoms with Gasteiger partial charge in [0.15, 0.2) is 0 Å². The number of halogens is 1. The van der Waals surface area contributed by atoms with Crippen molar-refractivity contribution in [3.05, 3.63) is 95.8 Å². The van der Waals surface area contributed by atoms with Gasteiger partial charge in [-0.15, -0.1) is 0 Å². The molecule has 3 aromatic carbocycles. The molecule has 0 aromatic heterocycles. The molecule has 1 fully saturated rings. The highest BCUT2D eigenvalue weighted by Crippen LogP contribution is 2.18. The Morgan fingerprint density at radius 3 is 2.21 bits per heavy atom. The number of ether oxygens (including phenoxy) is 1. The summed E-state index contributed by atoms with van der Waals surface area (Å²) in [6.45, 7) is 3.34. The van der Waals surface area contributed by atoms with Crippen LogP contribution in [0.15, 0.2) is 78.9 Å². The second-order valence-electron chi connectivity index (χ2n) is 8.14. The van der Waals surface area contributed by atoms with Crippen LogP contribution in [0, 0.1) is 5.82 Å². The predicted octanol–water partition coefficient (Wildman–Crippen LogP) is 3.87. The Morgan fingerprint density at radius 2 is 1.53 bits per heavy atom. The van der Waals surface area contributed by atoms with Gasteiger partial charge in [-0.25, -0.2) is 4.39 Å². The average Bonchev–Trinajstić information content (AvgIpc) is 2.88. The molecule has 0 bridgehead atoms. The third-order valence-corrected chi connectivity index (χ3v) is 5.79. The van der Waals surface area contributed by atoms with Gasteiger partial charge in [0.2, 0.25) is 5.91 Å². The Labute approximate surface area is 198 Å². The Kier molecular flexibility index (Phi) is 7.75. The van der Waals surface area contributed by atoms with Crippen molar-refractivity contribution in [3.63, 3.8) is 0 Å². The molecule has 176 valence electrons. The summed E-state index contributed by atoms with van der Waals surface area (Å²) in [4.78, 5) is 28.9. The molecule has 0 saturated carbocycles. The minimum absolute atomic E-state index is 0.00703. The number of para-hydroxylation sites is 1. The van der Waals surface area contributed by atoms with E-state index in [9.17, 15) is 14.0 Å². The fraction of sp³-hybridized carbons (Fsp3) is 0.259. The molecule has 7 heteroatoms. The van der Waals surface area contributed by atoms with Gasteiger partial charge < -0.3 is 19.9 Å². The smallest absolute Gasteiger partial charge is 0.253 e. The van der Waals surface area contributed by atoms with Gasteiger partial charge in [-0.05, 0) is 54.1 Å². The zero-order valence-corrected chi connectivity index (χ0v) is 19.0. The molecule has 1 saturated heterocycles. The second kappa shape index (κ2) is 11.3. The molecule has 3 aromatic rings. The standard InChI is InChI=1S/C27H28FN3O3/c28-23-10-12-24(13-11-23)30-15-17-31(18-16-30)27(33)22-8-6-21(7-9-22)20-29-26(32)14-19-34-25-4-2-1-3-5-25/h1-13H,14-20H2,(H,29,32). The lowest BCUT2D eigenvalue weighted by atomic mass is 10.1. The Bertz CT molecular complexity index is 1080. The van der Waals surface area contributed by atoms with Crippen molar-refractivity contribution in [2.45, 2.75) is 13.0 Å².